The molecule has 0 spiro atoms. The number of nitrogens with zero attached hydrogens (tertiary/aromatic N) is 6. The maximum absolute atomic E-state index is 14.2. The van der Waals surface area contributed by atoms with E-state index in [4.69, 9.17) is 9.97 Å². The molecule has 0 radical (unpaired) electrons. The zero-order chi connectivity index (χ0) is 21.8. The first-order chi connectivity index (χ1) is 15.0. The van der Waals surface area contributed by atoms with Crippen molar-refractivity contribution in [1.82, 2.24) is 24.8 Å². The summed E-state index contributed by atoms with van der Waals surface area (Å²) in [5.74, 6) is 1.54. The Bertz CT molecular complexity index is 1020. The summed E-state index contributed by atoms with van der Waals surface area (Å²) in [5, 5.41) is 0. The monoisotopic (exact) mass is 420 g/mol. The molecule has 0 fully saturated rings. The van der Waals surface area contributed by atoms with Crippen LogP contribution in [0, 0.1) is 5.82 Å². The van der Waals surface area contributed by atoms with E-state index in [-0.39, 0.29) is 5.82 Å². The molecule has 4 rings (SSSR count). The molecular formula is C24H29FN6. The van der Waals surface area contributed by atoms with Crippen molar-refractivity contribution in [3.63, 3.8) is 0 Å². The van der Waals surface area contributed by atoms with Crippen LogP contribution >= 0.6 is 0 Å². The number of benzene rings is 1. The lowest BCUT2D eigenvalue weighted by Crippen LogP contribution is -2.35. The third kappa shape index (κ3) is 5.06. The van der Waals surface area contributed by atoms with E-state index in [1.165, 1.54) is 6.07 Å². The van der Waals surface area contributed by atoms with E-state index in [0.29, 0.717) is 13.1 Å². The van der Waals surface area contributed by atoms with Crippen molar-refractivity contribution in [1.29, 1.82) is 0 Å². The molecule has 31 heavy (non-hydrogen) atoms. The van der Waals surface area contributed by atoms with E-state index in [9.17, 15) is 4.39 Å². The highest BCUT2D eigenvalue weighted by Crippen LogP contribution is 2.30. The van der Waals surface area contributed by atoms with Crippen LogP contribution in [0.4, 0.5) is 10.2 Å². The number of fused-ring (bicyclic) bond motifs is 1. The fourth-order valence-electron chi connectivity index (χ4n) is 3.86. The summed E-state index contributed by atoms with van der Waals surface area (Å²) in [5.41, 5.74) is 3.91. The summed E-state index contributed by atoms with van der Waals surface area (Å²) in [4.78, 5) is 20.6. The van der Waals surface area contributed by atoms with Gasteiger partial charge in [0.25, 0.3) is 0 Å². The average molecular weight is 421 g/mol. The van der Waals surface area contributed by atoms with Gasteiger partial charge in [-0.1, -0.05) is 18.2 Å². The zero-order valence-electron chi connectivity index (χ0n) is 18.4. The Kier molecular flexibility index (Phi) is 6.53. The van der Waals surface area contributed by atoms with Crippen LogP contribution < -0.4 is 4.90 Å². The van der Waals surface area contributed by atoms with Crippen LogP contribution in [-0.2, 0) is 19.5 Å². The Hall–Kier alpha value is -2.90. The molecule has 0 saturated heterocycles. The summed E-state index contributed by atoms with van der Waals surface area (Å²) in [6.07, 6.45) is 4.35. The predicted molar refractivity (Wildman–Crippen MR) is 121 cm³/mol. The van der Waals surface area contributed by atoms with E-state index in [2.05, 4.69) is 40.8 Å². The van der Waals surface area contributed by atoms with Crippen LogP contribution in [0.5, 0.6) is 0 Å². The molecule has 7 heteroatoms. The third-order valence-corrected chi connectivity index (χ3v) is 5.65. The largest absolute Gasteiger partial charge is 0.358 e. The first-order valence-corrected chi connectivity index (χ1v) is 10.6. The lowest BCUT2D eigenvalue weighted by atomic mass is 10.0. The minimum atomic E-state index is -0.152. The number of anilines is 1. The molecule has 0 N–H and O–H groups in total. The maximum Gasteiger partial charge on any atom is 0.161 e. The molecule has 1 aliphatic rings. The fraction of sp³-hybridized carbons (Fsp3) is 0.375. The van der Waals surface area contributed by atoms with Crippen molar-refractivity contribution in [2.45, 2.75) is 19.5 Å². The maximum atomic E-state index is 14.2. The Morgan fingerprint density at radius 1 is 1.00 bits per heavy atom. The van der Waals surface area contributed by atoms with Crippen molar-refractivity contribution < 1.29 is 4.39 Å². The number of halogens is 1. The number of aromatic nitrogens is 3. The van der Waals surface area contributed by atoms with Gasteiger partial charge in [-0.25, -0.2) is 14.4 Å². The molecule has 0 bridgehead atoms. The molecule has 162 valence electrons. The van der Waals surface area contributed by atoms with Gasteiger partial charge >= 0.3 is 0 Å². The highest BCUT2D eigenvalue weighted by Gasteiger charge is 2.25. The van der Waals surface area contributed by atoms with Gasteiger partial charge in [0.05, 0.1) is 5.69 Å². The third-order valence-electron chi connectivity index (χ3n) is 5.65. The Morgan fingerprint density at radius 3 is 2.52 bits per heavy atom. The van der Waals surface area contributed by atoms with Crippen LogP contribution in [0.25, 0.3) is 11.4 Å². The Balaban J connectivity index is 1.66. The van der Waals surface area contributed by atoms with Gasteiger partial charge in [-0.15, -0.1) is 0 Å². The van der Waals surface area contributed by atoms with Gasteiger partial charge < -0.3 is 9.80 Å². The zero-order valence-corrected chi connectivity index (χ0v) is 18.4. The van der Waals surface area contributed by atoms with Gasteiger partial charge in [0, 0.05) is 75.3 Å². The summed E-state index contributed by atoms with van der Waals surface area (Å²) in [7, 11) is 6.22. The molecule has 1 aliphatic heterocycles. The van der Waals surface area contributed by atoms with E-state index < -0.39 is 0 Å². The molecule has 0 unspecified atom stereocenters. The molecule has 2 aromatic heterocycles. The first kappa shape index (κ1) is 21.3. The van der Waals surface area contributed by atoms with Crippen molar-refractivity contribution in [3.05, 3.63) is 71.4 Å². The second-order valence-electron chi connectivity index (χ2n) is 8.31. The van der Waals surface area contributed by atoms with Gasteiger partial charge in [0.2, 0.25) is 0 Å². The quantitative estimate of drug-likeness (QED) is 0.585. The molecule has 0 saturated carbocycles. The lowest BCUT2D eigenvalue weighted by Gasteiger charge is -2.32. The van der Waals surface area contributed by atoms with Gasteiger partial charge in [-0.05, 0) is 32.3 Å². The van der Waals surface area contributed by atoms with E-state index in [1.807, 2.05) is 24.3 Å². The second kappa shape index (κ2) is 9.49. The fourth-order valence-corrected chi connectivity index (χ4v) is 3.86. The summed E-state index contributed by atoms with van der Waals surface area (Å²) in [6.45, 7) is 3.92. The van der Waals surface area contributed by atoms with Crippen molar-refractivity contribution in [3.8, 4) is 11.4 Å². The van der Waals surface area contributed by atoms with Crippen molar-refractivity contribution >= 4 is 5.82 Å². The van der Waals surface area contributed by atoms with Crippen molar-refractivity contribution in [2.75, 3.05) is 45.7 Å². The molecule has 3 heterocycles. The normalized spacial score (nSPS) is 14.0. The second-order valence-corrected chi connectivity index (χ2v) is 8.31. The number of likely N-dealkylation sites (N-methyl/N-ethyl adjacent to an activating group) is 2. The molecular weight excluding hydrogens is 391 g/mol. The summed E-state index contributed by atoms with van der Waals surface area (Å²) >= 11 is 0. The van der Waals surface area contributed by atoms with Crippen LogP contribution in [0.3, 0.4) is 0 Å². The van der Waals surface area contributed by atoms with E-state index in [1.54, 1.807) is 18.5 Å². The molecule has 3 aromatic rings. The van der Waals surface area contributed by atoms with Gasteiger partial charge in [-0.2, -0.15) is 0 Å². The topological polar surface area (TPSA) is 48.4 Å². The number of pyridine rings is 1. The smallest absolute Gasteiger partial charge is 0.161 e. The predicted octanol–water partition coefficient (Wildman–Crippen LogP) is 3.23. The Labute approximate surface area is 183 Å². The molecule has 0 atom stereocenters. The average Bonchev–Trinajstić information content (AvgIpc) is 2.79. The minimum absolute atomic E-state index is 0.152. The number of hydrogen-bond acceptors (Lipinski definition) is 6. The van der Waals surface area contributed by atoms with Crippen LogP contribution in [0.2, 0.25) is 0 Å². The van der Waals surface area contributed by atoms with Gasteiger partial charge in [0.15, 0.2) is 5.82 Å². The highest BCUT2D eigenvalue weighted by atomic mass is 19.1. The molecule has 1 aromatic carbocycles. The van der Waals surface area contributed by atoms with Gasteiger partial charge in [-0.3, -0.25) is 9.88 Å². The summed E-state index contributed by atoms with van der Waals surface area (Å²) in [6, 6.07) is 10.9. The van der Waals surface area contributed by atoms with Crippen LogP contribution in [0.1, 0.15) is 16.8 Å². The summed E-state index contributed by atoms with van der Waals surface area (Å²) < 4.78 is 14.2. The minimum Gasteiger partial charge on any atom is -0.358 e. The van der Waals surface area contributed by atoms with E-state index in [0.717, 1.165) is 60.1 Å². The molecule has 0 amide bonds. The molecule has 0 aliphatic carbocycles. The molecule has 6 nitrogen and oxygen atoms in total. The first-order valence-electron chi connectivity index (χ1n) is 10.6. The van der Waals surface area contributed by atoms with Crippen molar-refractivity contribution in [2.24, 2.45) is 0 Å². The standard InChI is InChI=1S/C24H29FN6/c1-29(2)14-15-30(3)24-20-17-31(16-19-6-4-5-7-21(19)25)13-10-22(20)27-23(28-24)18-8-11-26-12-9-18/h4-9,11-12H,10,13-17H2,1-3H3. The van der Waals surface area contributed by atoms with Crippen LogP contribution in [0.15, 0.2) is 48.8 Å². The SMILES string of the molecule is CN(C)CCN(C)c1nc(-c2ccncc2)nc2c1CN(Cc1ccccc1F)CC2. The highest BCUT2D eigenvalue weighted by molar-refractivity contribution is 5.60. The lowest BCUT2D eigenvalue weighted by molar-refractivity contribution is 0.240. The van der Waals surface area contributed by atoms with E-state index >= 15 is 0 Å². The van der Waals surface area contributed by atoms with Crippen LogP contribution in [-0.4, -0.2) is 65.5 Å². The number of rotatable bonds is 7. The Morgan fingerprint density at radius 2 is 1.77 bits per heavy atom. The van der Waals surface area contributed by atoms with Gasteiger partial charge in [0.1, 0.15) is 11.6 Å². The number of hydrogen-bond donors (Lipinski definition) is 0.